The van der Waals surface area contributed by atoms with Gasteiger partial charge in [-0.1, -0.05) is 44.1 Å². The molecule has 1 nitrogen and oxygen atoms in total. The lowest BCUT2D eigenvalue weighted by molar-refractivity contribution is 0.0612. The predicted octanol–water partition coefficient (Wildman–Crippen LogP) is 3.32. The lowest BCUT2D eigenvalue weighted by Gasteiger charge is -2.18. The van der Waals surface area contributed by atoms with Gasteiger partial charge >= 0.3 is 0 Å². The van der Waals surface area contributed by atoms with Crippen LogP contribution in [-0.4, -0.2) is 12.7 Å². The highest BCUT2D eigenvalue weighted by atomic mass is 16.5. The summed E-state index contributed by atoms with van der Waals surface area (Å²) in [4.78, 5) is 0. The van der Waals surface area contributed by atoms with Gasteiger partial charge in [-0.15, -0.1) is 0 Å². The van der Waals surface area contributed by atoms with Crippen molar-refractivity contribution in [3.05, 3.63) is 23.8 Å². The molecule has 0 aliphatic heterocycles. The van der Waals surface area contributed by atoms with Crippen molar-refractivity contribution in [2.24, 2.45) is 5.92 Å². The van der Waals surface area contributed by atoms with Gasteiger partial charge in [0.2, 0.25) is 0 Å². The topological polar surface area (TPSA) is 9.23 Å². The van der Waals surface area contributed by atoms with E-state index in [1.54, 1.807) is 0 Å². The fourth-order valence-corrected chi connectivity index (χ4v) is 1.24. The number of hydrogen-bond acceptors (Lipinski definition) is 1. The third-order valence-corrected chi connectivity index (χ3v) is 2.54. The van der Waals surface area contributed by atoms with E-state index >= 15 is 0 Å². The molecule has 74 valence electrons. The number of hydrogen-bond donors (Lipinski definition) is 0. The molecule has 0 aromatic rings. The Kier molecular flexibility index (Phi) is 4.23. The first-order chi connectivity index (χ1) is 6.22. The largest absolute Gasteiger partial charge is 0.374 e. The Morgan fingerprint density at radius 2 is 2.38 bits per heavy atom. The molecular weight excluding hydrogens is 160 g/mol. The Balaban J connectivity index is 2.21. The average Bonchev–Trinajstić information content (AvgIpc) is 2.16. The fraction of sp³-hybridized carbons (Fsp3) is 0.667. The maximum Gasteiger partial charge on any atom is 0.0793 e. The van der Waals surface area contributed by atoms with Crippen molar-refractivity contribution in [1.82, 2.24) is 0 Å². The van der Waals surface area contributed by atoms with E-state index in [1.165, 1.54) is 12.0 Å². The van der Waals surface area contributed by atoms with Crippen LogP contribution in [0.1, 0.15) is 33.6 Å². The molecule has 0 aromatic carbocycles. The zero-order valence-electron chi connectivity index (χ0n) is 8.92. The third-order valence-electron chi connectivity index (χ3n) is 2.54. The van der Waals surface area contributed by atoms with E-state index in [1.807, 2.05) is 0 Å². The van der Waals surface area contributed by atoms with Gasteiger partial charge < -0.3 is 4.74 Å². The van der Waals surface area contributed by atoms with Gasteiger partial charge in [0.25, 0.3) is 0 Å². The number of allylic oxidation sites excluding steroid dienone is 2. The lowest BCUT2D eigenvalue weighted by Crippen LogP contribution is -2.15. The fourth-order valence-electron chi connectivity index (χ4n) is 1.24. The first kappa shape index (κ1) is 10.5. The van der Waals surface area contributed by atoms with E-state index in [0.717, 1.165) is 13.0 Å². The molecule has 1 aliphatic carbocycles. The summed E-state index contributed by atoms with van der Waals surface area (Å²) in [5, 5.41) is 0. The van der Waals surface area contributed by atoms with Gasteiger partial charge in [0.1, 0.15) is 0 Å². The normalized spacial score (nSPS) is 24.2. The van der Waals surface area contributed by atoms with Crippen molar-refractivity contribution < 1.29 is 4.74 Å². The molecular formula is C12H20O. The second-order valence-electron chi connectivity index (χ2n) is 3.93. The quantitative estimate of drug-likeness (QED) is 0.645. The molecule has 1 rings (SSSR count). The molecule has 0 radical (unpaired) electrons. The highest BCUT2D eigenvalue weighted by Crippen LogP contribution is 2.14. The van der Waals surface area contributed by atoms with Gasteiger partial charge in [0.15, 0.2) is 0 Å². The predicted molar refractivity (Wildman–Crippen MR) is 56.7 cm³/mol. The van der Waals surface area contributed by atoms with Crippen LogP contribution in [0.5, 0.6) is 0 Å². The zero-order valence-corrected chi connectivity index (χ0v) is 8.92. The summed E-state index contributed by atoms with van der Waals surface area (Å²) in [6.45, 7) is 7.45. The van der Waals surface area contributed by atoms with E-state index in [9.17, 15) is 0 Å². The van der Waals surface area contributed by atoms with E-state index < -0.39 is 0 Å². The molecule has 1 aliphatic rings. The second-order valence-corrected chi connectivity index (χ2v) is 3.93. The van der Waals surface area contributed by atoms with Crippen molar-refractivity contribution in [2.75, 3.05) is 6.61 Å². The molecule has 13 heavy (non-hydrogen) atoms. The lowest BCUT2D eigenvalue weighted by atomic mass is 10.1. The van der Waals surface area contributed by atoms with Gasteiger partial charge in [-0.25, -0.2) is 0 Å². The average molecular weight is 180 g/mol. The Labute approximate surface area is 81.5 Å². The second kappa shape index (κ2) is 5.23. The van der Waals surface area contributed by atoms with Gasteiger partial charge in [-0.05, 0) is 19.3 Å². The molecule has 0 N–H and O–H groups in total. The summed E-state index contributed by atoms with van der Waals surface area (Å²) in [5.41, 5.74) is 1.35. The van der Waals surface area contributed by atoms with Crippen molar-refractivity contribution in [3.63, 3.8) is 0 Å². The molecule has 0 heterocycles. The van der Waals surface area contributed by atoms with Gasteiger partial charge in [0.05, 0.1) is 6.10 Å². The van der Waals surface area contributed by atoms with Gasteiger partial charge in [-0.2, -0.15) is 0 Å². The summed E-state index contributed by atoms with van der Waals surface area (Å²) >= 11 is 0. The van der Waals surface area contributed by atoms with Crippen LogP contribution in [0.25, 0.3) is 0 Å². The Morgan fingerprint density at radius 3 is 2.92 bits per heavy atom. The van der Waals surface area contributed by atoms with Crippen molar-refractivity contribution in [1.29, 1.82) is 0 Å². The summed E-state index contributed by atoms with van der Waals surface area (Å²) in [7, 11) is 0. The van der Waals surface area contributed by atoms with Crippen molar-refractivity contribution in [2.45, 2.75) is 39.7 Å². The van der Waals surface area contributed by atoms with Crippen LogP contribution in [0.15, 0.2) is 23.8 Å². The van der Waals surface area contributed by atoms with Crippen LogP contribution in [0.3, 0.4) is 0 Å². The van der Waals surface area contributed by atoms with E-state index in [-0.39, 0.29) is 0 Å². The SMILES string of the molecule is CCC(C)COC1C=CC(C)=CC1. The van der Waals surface area contributed by atoms with Crippen LogP contribution < -0.4 is 0 Å². The highest BCUT2D eigenvalue weighted by molar-refractivity contribution is 5.21. The molecule has 2 atom stereocenters. The van der Waals surface area contributed by atoms with E-state index in [4.69, 9.17) is 4.74 Å². The minimum absolute atomic E-state index is 0.317. The first-order valence-electron chi connectivity index (χ1n) is 5.19. The summed E-state index contributed by atoms with van der Waals surface area (Å²) in [6, 6.07) is 0. The van der Waals surface area contributed by atoms with Gasteiger partial charge in [0, 0.05) is 6.61 Å². The molecule has 0 aromatic heterocycles. The monoisotopic (exact) mass is 180 g/mol. The van der Waals surface area contributed by atoms with Crippen LogP contribution in [0.4, 0.5) is 0 Å². The molecule has 2 unspecified atom stereocenters. The van der Waals surface area contributed by atoms with Crippen LogP contribution in [0, 0.1) is 5.92 Å². The maximum atomic E-state index is 5.75. The number of rotatable bonds is 4. The summed E-state index contributed by atoms with van der Waals surface area (Å²) in [5.74, 6) is 0.681. The van der Waals surface area contributed by atoms with Gasteiger partial charge in [-0.3, -0.25) is 0 Å². The molecule has 0 saturated carbocycles. The van der Waals surface area contributed by atoms with Crippen molar-refractivity contribution in [3.8, 4) is 0 Å². The molecule has 0 fully saturated rings. The highest BCUT2D eigenvalue weighted by Gasteiger charge is 2.08. The Bertz CT molecular complexity index is 203. The first-order valence-corrected chi connectivity index (χ1v) is 5.19. The molecule has 0 bridgehead atoms. The van der Waals surface area contributed by atoms with Crippen LogP contribution in [-0.2, 0) is 4.74 Å². The number of ether oxygens (including phenoxy) is 1. The minimum atomic E-state index is 0.317. The Hall–Kier alpha value is -0.560. The molecule has 0 amide bonds. The molecule has 0 spiro atoms. The molecule has 1 heteroatoms. The van der Waals surface area contributed by atoms with Crippen LogP contribution in [0.2, 0.25) is 0 Å². The summed E-state index contributed by atoms with van der Waals surface area (Å²) < 4.78 is 5.75. The van der Waals surface area contributed by atoms with E-state index in [0.29, 0.717) is 12.0 Å². The Morgan fingerprint density at radius 1 is 1.62 bits per heavy atom. The zero-order chi connectivity index (χ0) is 9.68. The van der Waals surface area contributed by atoms with Crippen LogP contribution >= 0.6 is 0 Å². The summed E-state index contributed by atoms with van der Waals surface area (Å²) in [6.07, 6.45) is 9.10. The van der Waals surface area contributed by atoms with E-state index in [2.05, 4.69) is 39.0 Å². The minimum Gasteiger partial charge on any atom is -0.374 e. The van der Waals surface area contributed by atoms with Crippen molar-refractivity contribution >= 4 is 0 Å². The third kappa shape index (κ3) is 3.77. The maximum absolute atomic E-state index is 5.75. The standard InChI is InChI=1S/C12H20O/c1-4-10(2)9-13-12-7-5-11(3)6-8-12/h5-7,10,12H,4,8-9H2,1-3H3. The smallest absolute Gasteiger partial charge is 0.0793 e. The molecule has 0 saturated heterocycles.